The highest BCUT2D eigenvalue weighted by Crippen LogP contribution is 2.24. The fourth-order valence-corrected chi connectivity index (χ4v) is 2.37. The zero-order valence-electron chi connectivity index (χ0n) is 10.5. The highest BCUT2D eigenvalue weighted by molar-refractivity contribution is 9.09. The van der Waals surface area contributed by atoms with Gasteiger partial charge in [-0.15, -0.1) is 0 Å². The Morgan fingerprint density at radius 3 is 2.65 bits per heavy atom. The Morgan fingerprint density at radius 2 is 2.12 bits per heavy atom. The lowest BCUT2D eigenvalue weighted by Gasteiger charge is -2.26. The average molecular weight is 321 g/mol. The van der Waals surface area contributed by atoms with Gasteiger partial charge in [0.2, 0.25) is 0 Å². The summed E-state index contributed by atoms with van der Waals surface area (Å²) in [4.78, 5) is 2.38. The lowest BCUT2D eigenvalue weighted by atomic mass is 10.1. The quantitative estimate of drug-likeness (QED) is 0.736. The molecule has 2 nitrogen and oxygen atoms in total. The standard InChI is InChI=1S/C13H19BrClNO/c1-10(2)16(7-6-14)9-11-8-12(15)4-5-13(11)17-3/h4-5,8,10H,6-7,9H2,1-3H3. The molecular weight excluding hydrogens is 302 g/mol. The topological polar surface area (TPSA) is 12.5 Å². The van der Waals surface area contributed by atoms with Gasteiger partial charge in [0, 0.05) is 35.0 Å². The van der Waals surface area contributed by atoms with Crippen LogP contribution in [0.4, 0.5) is 0 Å². The Labute approximate surface area is 117 Å². The van der Waals surface area contributed by atoms with E-state index in [2.05, 4.69) is 34.7 Å². The number of rotatable bonds is 6. The van der Waals surface area contributed by atoms with Crippen molar-refractivity contribution < 1.29 is 4.74 Å². The van der Waals surface area contributed by atoms with Gasteiger partial charge in [0.1, 0.15) is 5.75 Å². The van der Waals surface area contributed by atoms with Crippen LogP contribution in [-0.4, -0.2) is 29.9 Å². The molecule has 0 spiro atoms. The summed E-state index contributed by atoms with van der Waals surface area (Å²) in [7, 11) is 1.69. The number of benzene rings is 1. The Bertz CT molecular complexity index is 357. The highest BCUT2D eigenvalue weighted by Gasteiger charge is 2.12. The molecule has 0 atom stereocenters. The fraction of sp³-hybridized carbons (Fsp3) is 0.538. The first-order valence-electron chi connectivity index (χ1n) is 5.71. The summed E-state index contributed by atoms with van der Waals surface area (Å²) in [6, 6.07) is 6.25. The molecule has 1 aromatic rings. The zero-order valence-corrected chi connectivity index (χ0v) is 12.9. The van der Waals surface area contributed by atoms with Gasteiger partial charge in [0.25, 0.3) is 0 Å². The van der Waals surface area contributed by atoms with E-state index in [4.69, 9.17) is 16.3 Å². The van der Waals surface area contributed by atoms with Crippen molar-refractivity contribution in [2.75, 3.05) is 19.0 Å². The summed E-state index contributed by atoms with van der Waals surface area (Å²) in [5, 5.41) is 1.72. The molecule has 0 N–H and O–H groups in total. The molecular formula is C13H19BrClNO. The minimum absolute atomic E-state index is 0.497. The lowest BCUT2D eigenvalue weighted by Crippen LogP contribution is -2.32. The lowest BCUT2D eigenvalue weighted by molar-refractivity contribution is 0.224. The van der Waals surface area contributed by atoms with Crippen LogP contribution < -0.4 is 4.74 Å². The third kappa shape index (κ3) is 4.49. The summed E-state index contributed by atoms with van der Waals surface area (Å²) in [5.41, 5.74) is 1.13. The normalized spacial score (nSPS) is 11.2. The van der Waals surface area contributed by atoms with Gasteiger partial charge in [-0.25, -0.2) is 0 Å². The van der Waals surface area contributed by atoms with Crippen LogP contribution in [0.5, 0.6) is 5.75 Å². The van der Waals surface area contributed by atoms with Crippen molar-refractivity contribution in [1.29, 1.82) is 0 Å². The van der Waals surface area contributed by atoms with Gasteiger partial charge in [0.05, 0.1) is 7.11 Å². The van der Waals surface area contributed by atoms with Gasteiger partial charge in [0.15, 0.2) is 0 Å². The molecule has 0 unspecified atom stereocenters. The maximum absolute atomic E-state index is 6.03. The van der Waals surface area contributed by atoms with Crippen molar-refractivity contribution in [2.24, 2.45) is 0 Å². The second kappa shape index (κ2) is 7.24. The highest BCUT2D eigenvalue weighted by atomic mass is 79.9. The van der Waals surface area contributed by atoms with E-state index in [0.29, 0.717) is 6.04 Å². The van der Waals surface area contributed by atoms with Crippen LogP contribution in [-0.2, 0) is 6.54 Å². The van der Waals surface area contributed by atoms with Crippen LogP contribution in [0, 0.1) is 0 Å². The van der Waals surface area contributed by atoms with E-state index < -0.39 is 0 Å². The summed E-state index contributed by atoms with van der Waals surface area (Å²) in [5.74, 6) is 0.898. The monoisotopic (exact) mass is 319 g/mol. The predicted molar refractivity (Wildman–Crippen MR) is 77.3 cm³/mol. The summed E-state index contributed by atoms with van der Waals surface area (Å²) < 4.78 is 5.36. The molecule has 0 heterocycles. The van der Waals surface area contributed by atoms with Crippen molar-refractivity contribution in [3.8, 4) is 5.75 Å². The first-order valence-corrected chi connectivity index (χ1v) is 7.20. The van der Waals surface area contributed by atoms with Crippen LogP contribution in [0.1, 0.15) is 19.4 Å². The second-order valence-corrected chi connectivity index (χ2v) is 5.44. The number of hydrogen-bond acceptors (Lipinski definition) is 2. The van der Waals surface area contributed by atoms with E-state index in [1.54, 1.807) is 7.11 Å². The van der Waals surface area contributed by atoms with Crippen LogP contribution in [0.15, 0.2) is 18.2 Å². The average Bonchev–Trinajstić information content (AvgIpc) is 2.28. The third-order valence-corrected chi connectivity index (χ3v) is 3.31. The third-order valence-electron chi connectivity index (χ3n) is 2.72. The summed E-state index contributed by atoms with van der Waals surface area (Å²) in [6.07, 6.45) is 0. The van der Waals surface area contributed by atoms with Crippen molar-refractivity contribution in [2.45, 2.75) is 26.4 Å². The first kappa shape index (κ1) is 14.8. The molecule has 0 aromatic heterocycles. The van der Waals surface area contributed by atoms with E-state index in [9.17, 15) is 0 Å². The van der Waals surface area contributed by atoms with E-state index in [0.717, 1.165) is 34.8 Å². The number of alkyl halides is 1. The number of nitrogens with zero attached hydrogens (tertiary/aromatic N) is 1. The molecule has 0 saturated heterocycles. The molecule has 17 heavy (non-hydrogen) atoms. The largest absolute Gasteiger partial charge is 0.496 e. The van der Waals surface area contributed by atoms with Gasteiger partial charge in [-0.05, 0) is 32.0 Å². The molecule has 0 saturated carbocycles. The summed E-state index contributed by atoms with van der Waals surface area (Å²) >= 11 is 9.51. The van der Waals surface area contributed by atoms with Gasteiger partial charge in [-0.1, -0.05) is 27.5 Å². The summed E-state index contributed by atoms with van der Waals surface area (Å²) in [6.45, 7) is 6.25. The van der Waals surface area contributed by atoms with Crippen LogP contribution >= 0.6 is 27.5 Å². The van der Waals surface area contributed by atoms with E-state index >= 15 is 0 Å². The Morgan fingerprint density at radius 1 is 1.41 bits per heavy atom. The van der Waals surface area contributed by atoms with Crippen molar-refractivity contribution in [3.63, 3.8) is 0 Å². The van der Waals surface area contributed by atoms with Crippen molar-refractivity contribution >= 4 is 27.5 Å². The van der Waals surface area contributed by atoms with Gasteiger partial charge in [-0.3, -0.25) is 4.90 Å². The van der Waals surface area contributed by atoms with Gasteiger partial charge < -0.3 is 4.74 Å². The molecule has 0 bridgehead atoms. The van der Waals surface area contributed by atoms with Crippen LogP contribution in [0.2, 0.25) is 5.02 Å². The molecule has 0 aliphatic carbocycles. The fourth-order valence-electron chi connectivity index (χ4n) is 1.72. The SMILES string of the molecule is COc1ccc(Cl)cc1CN(CCBr)C(C)C. The van der Waals surface area contributed by atoms with Gasteiger partial charge >= 0.3 is 0 Å². The minimum atomic E-state index is 0.497. The zero-order chi connectivity index (χ0) is 12.8. The van der Waals surface area contributed by atoms with E-state index in [1.165, 1.54) is 0 Å². The number of ether oxygens (including phenoxy) is 1. The second-order valence-electron chi connectivity index (χ2n) is 4.21. The number of methoxy groups -OCH3 is 1. The minimum Gasteiger partial charge on any atom is -0.496 e. The molecule has 0 fully saturated rings. The molecule has 96 valence electrons. The first-order chi connectivity index (χ1) is 8.08. The molecule has 1 rings (SSSR count). The molecule has 0 aliphatic rings. The van der Waals surface area contributed by atoms with E-state index in [-0.39, 0.29) is 0 Å². The van der Waals surface area contributed by atoms with Gasteiger partial charge in [-0.2, -0.15) is 0 Å². The number of hydrogen-bond donors (Lipinski definition) is 0. The molecule has 0 aliphatic heterocycles. The molecule has 0 radical (unpaired) electrons. The van der Waals surface area contributed by atoms with Crippen LogP contribution in [0.3, 0.4) is 0 Å². The molecule has 4 heteroatoms. The van der Waals surface area contributed by atoms with E-state index in [1.807, 2.05) is 18.2 Å². The van der Waals surface area contributed by atoms with Crippen LogP contribution in [0.25, 0.3) is 0 Å². The predicted octanol–water partition coefficient (Wildman–Crippen LogP) is 3.95. The Kier molecular flexibility index (Phi) is 6.31. The Hall–Kier alpha value is -0.250. The van der Waals surface area contributed by atoms with Crippen molar-refractivity contribution in [1.82, 2.24) is 4.90 Å². The maximum Gasteiger partial charge on any atom is 0.123 e. The molecule has 0 amide bonds. The van der Waals surface area contributed by atoms with Crippen molar-refractivity contribution in [3.05, 3.63) is 28.8 Å². The smallest absolute Gasteiger partial charge is 0.123 e. The maximum atomic E-state index is 6.03. The Balaban J connectivity index is 2.87. The number of halogens is 2. The molecule has 1 aromatic carbocycles.